The van der Waals surface area contributed by atoms with E-state index in [4.69, 9.17) is 9.47 Å². The van der Waals surface area contributed by atoms with E-state index in [1.54, 1.807) is 25.4 Å². The molecule has 0 bridgehead atoms. The van der Waals surface area contributed by atoms with Gasteiger partial charge in [0, 0.05) is 18.7 Å². The van der Waals surface area contributed by atoms with Gasteiger partial charge in [-0.1, -0.05) is 12.1 Å². The average molecular weight is 348 g/mol. The number of nitrogens with zero attached hydrogens (tertiary/aromatic N) is 3. The van der Waals surface area contributed by atoms with Gasteiger partial charge in [0.25, 0.3) is 5.56 Å². The second kappa shape index (κ2) is 6.44. The zero-order chi connectivity index (χ0) is 18.1. The zero-order valence-electron chi connectivity index (χ0n) is 14.3. The fourth-order valence-corrected chi connectivity index (χ4v) is 2.85. The first-order valence-corrected chi connectivity index (χ1v) is 8.03. The molecule has 0 unspecified atom stereocenters. The third kappa shape index (κ3) is 2.83. The summed E-state index contributed by atoms with van der Waals surface area (Å²) in [5.74, 6) is 1.52. The zero-order valence-corrected chi connectivity index (χ0v) is 14.3. The molecular weight excluding hydrogens is 332 g/mol. The Morgan fingerprint density at radius 2 is 1.69 bits per heavy atom. The van der Waals surface area contributed by atoms with Gasteiger partial charge in [0.15, 0.2) is 11.5 Å². The molecule has 26 heavy (non-hydrogen) atoms. The second-order valence-electron chi connectivity index (χ2n) is 5.76. The lowest BCUT2D eigenvalue weighted by molar-refractivity contribution is 0.355. The number of nitrogens with one attached hydrogen (secondary N) is 1. The van der Waals surface area contributed by atoms with Crippen LogP contribution in [0.15, 0.2) is 47.4 Å². The Hall–Kier alpha value is -3.48. The van der Waals surface area contributed by atoms with Crippen molar-refractivity contribution in [3.8, 4) is 11.5 Å². The van der Waals surface area contributed by atoms with Crippen LogP contribution in [0.4, 0.5) is 0 Å². The molecule has 2 aromatic heterocycles. The fraction of sp³-hybridized carbons (Fsp3) is 0.158. The van der Waals surface area contributed by atoms with Crippen LogP contribution >= 0.6 is 0 Å². The molecule has 0 spiro atoms. The second-order valence-corrected chi connectivity index (χ2v) is 5.76. The Labute approximate surface area is 148 Å². The monoisotopic (exact) mass is 348 g/mol. The quantitative estimate of drug-likeness (QED) is 0.609. The molecule has 0 fully saturated rings. The van der Waals surface area contributed by atoms with Crippen molar-refractivity contribution in [3.63, 3.8) is 0 Å². The lowest BCUT2D eigenvalue weighted by Crippen LogP contribution is -2.13. The number of hydrogen-bond acceptors (Lipinski definition) is 6. The first-order chi connectivity index (χ1) is 12.7. The van der Waals surface area contributed by atoms with Crippen LogP contribution in [0.1, 0.15) is 11.5 Å². The Kier molecular flexibility index (Phi) is 3.96. The number of hydrogen-bond donors (Lipinski definition) is 1. The summed E-state index contributed by atoms with van der Waals surface area (Å²) in [6.45, 7) is 0. The van der Waals surface area contributed by atoms with Gasteiger partial charge in [-0.2, -0.15) is 0 Å². The largest absolute Gasteiger partial charge is 0.493 e. The van der Waals surface area contributed by atoms with Crippen LogP contribution in [0, 0.1) is 0 Å². The van der Waals surface area contributed by atoms with E-state index >= 15 is 0 Å². The predicted molar refractivity (Wildman–Crippen MR) is 97.8 cm³/mol. The molecule has 0 aliphatic carbocycles. The Bertz CT molecular complexity index is 1170. The number of aromatic amines is 1. The summed E-state index contributed by atoms with van der Waals surface area (Å²) in [5, 5.41) is 0.441. The number of benzene rings is 2. The van der Waals surface area contributed by atoms with Crippen molar-refractivity contribution in [1.29, 1.82) is 0 Å². The molecule has 0 saturated carbocycles. The predicted octanol–water partition coefficient (Wildman–Crippen LogP) is 2.47. The molecule has 7 nitrogen and oxygen atoms in total. The summed E-state index contributed by atoms with van der Waals surface area (Å²) in [5.41, 5.74) is 2.66. The van der Waals surface area contributed by atoms with Gasteiger partial charge in [0.1, 0.15) is 5.82 Å². The molecule has 0 radical (unpaired) electrons. The van der Waals surface area contributed by atoms with E-state index in [2.05, 4.69) is 19.9 Å². The van der Waals surface area contributed by atoms with E-state index in [0.29, 0.717) is 34.6 Å². The third-order valence-electron chi connectivity index (χ3n) is 4.11. The summed E-state index contributed by atoms with van der Waals surface area (Å²) >= 11 is 0. The number of para-hydroxylation sites is 2. The molecular formula is C19H16N4O3. The van der Waals surface area contributed by atoms with Crippen LogP contribution in [-0.4, -0.2) is 34.2 Å². The molecule has 4 aromatic rings. The lowest BCUT2D eigenvalue weighted by atomic mass is 10.2. The number of rotatable bonds is 4. The first-order valence-electron chi connectivity index (χ1n) is 8.03. The summed E-state index contributed by atoms with van der Waals surface area (Å²) in [6.07, 6.45) is 2.07. The summed E-state index contributed by atoms with van der Waals surface area (Å²) < 4.78 is 10.5. The minimum Gasteiger partial charge on any atom is -0.493 e. The van der Waals surface area contributed by atoms with Crippen molar-refractivity contribution in [2.45, 2.75) is 6.42 Å². The van der Waals surface area contributed by atoms with Crippen molar-refractivity contribution in [3.05, 3.63) is 64.5 Å². The topological polar surface area (TPSA) is 90.0 Å². The SMILES string of the molecule is COc1cc2nc(Cc3cnc4ccccc4n3)[nH]c(=O)c2cc1OC. The number of H-pyrrole nitrogens is 1. The Morgan fingerprint density at radius 1 is 0.962 bits per heavy atom. The molecule has 0 atom stereocenters. The minimum atomic E-state index is -0.236. The van der Waals surface area contributed by atoms with Gasteiger partial charge in [-0.3, -0.25) is 9.78 Å². The van der Waals surface area contributed by atoms with Crippen molar-refractivity contribution >= 4 is 21.9 Å². The highest BCUT2D eigenvalue weighted by atomic mass is 16.5. The molecule has 130 valence electrons. The Morgan fingerprint density at radius 3 is 2.46 bits per heavy atom. The number of aromatic nitrogens is 4. The molecule has 0 aliphatic rings. The summed E-state index contributed by atoms with van der Waals surface area (Å²) in [7, 11) is 3.07. The van der Waals surface area contributed by atoms with E-state index in [-0.39, 0.29) is 5.56 Å². The first kappa shape index (κ1) is 16.0. The van der Waals surface area contributed by atoms with Gasteiger partial charge in [-0.05, 0) is 18.2 Å². The van der Waals surface area contributed by atoms with Gasteiger partial charge in [0.05, 0.1) is 41.8 Å². The van der Waals surface area contributed by atoms with Crippen LogP contribution in [0.25, 0.3) is 21.9 Å². The van der Waals surface area contributed by atoms with Gasteiger partial charge >= 0.3 is 0 Å². The van der Waals surface area contributed by atoms with E-state index in [9.17, 15) is 4.79 Å². The van der Waals surface area contributed by atoms with Crippen LogP contribution in [0.5, 0.6) is 11.5 Å². The molecule has 0 saturated heterocycles. The van der Waals surface area contributed by atoms with Gasteiger partial charge in [-0.15, -0.1) is 0 Å². The highest BCUT2D eigenvalue weighted by Crippen LogP contribution is 2.30. The van der Waals surface area contributed by atoms with Crippen LogP contribution in [0.2, 0.25) is 0 Å². The maximum Gasteiger partial charge on any atom is 0.258 e. The van der Waals surface area contributed by atoms with E-state index in [0.717, 1.165) is 16.7 Å². The maximum atomic E-state index is 12.4. The highest BCUT2D eigenvalue weighted by Gasteiger charge is 2.12. The van der Waals surface area contributed by atoms with E-state index in [1.165, 1.54) is 7.11 Å². The third-order valence-corrected chi connectivity index (χ3v) is 4.11. The smallest absolute Gasteiger partial charge is 0.258 e. The van der Waals surface area contributed by atoms with Crippen molar-refractivity contribution in [2.24, 2.45) is 0 Å². The number of fused-ring (bicyclic) bond motifs is 2. The Balaban J connectivity index is 1.77. The van der Waals surface area contributed by atoms with Crippen molar-refractivity contribution in [1.82, 2.24) is 19.9 Å². The van der Waals surface area contributed by atoms with Crippen LogP contribution < -0.4 is 15.0 Å². The highest BCUT2D eigenvalue weighted by molar-refractivity contribution is 5.81. The van der Waals surface area contributed by atoms with Gasteiger partial charge in [0.2, 0.25) is 0 Å². The minimum absolute atomic E-state index is 0.236. The molecule has 2 aromatic carbocycles. The maximum absolute atomic E-state index is 12.4. The van der Waals surface area contributed by atoms with E-state index in [1.807, 2.05) is 24.3 Å². The van der Waals surface area contributed by atoms with E-state index < -0.39 is 0 Å². The summed E-state index contributed by atoms with van der Waals surface area (Å²) in [4.78, 5) is 28.7. The molecule has 0 amide bonds. The normalized spacial score (nSPS) is 11.0. The summed E-state index contributed by atoms with van der Waals surface area (Å²) in [6, 6.07) is 11.0. The van der Waals surface area contributed by atoms with Crippen LogP contribution in [0.3, 0.4) is 0 Å². The molecule has 2 heterocycles. The standard InChI is InChI=1S/C19H16N4O3/c1-25-16-8-12-15(9-17(16)26-2)22-18(23-19(12)24)7-11-10-20-13-5-3-4-6-14(13)21-11/h3-6,8-10H,7H2,1-2H3,(H,22,23,24). The fourth-order valence-electron chi connectivity index (χ4n) is 2.85. The lowest BCUT2D eigenvalue weighted by Gasteiger charge is -2.09. The molecule has 7 heteroatoms. The molecule has 4 rings (SSSR count). The number of ether oxygens (including phenoxy) is 2. The van der Waals surface area contributed by atoms with Gasteiger partial charge < -0.3 is 14.5 Å². The van der Waals surface area contributed by atoms with Crippen molar-refractivity contribution in [2.75, 3.05) is 14.2 Å². The van der Waals surface area contributed by atoms with Crippen molar-refractivity contribution < 1.29 is 9.47 Å². The van der Waals surface area contributed by atoms with Crippen LogP contribution in [-0.2, 0) is 6.42 Å². The molecule has 1 N–H and O–H groups in total. The molecule has 0 aliphatic heterocycles. The average Bonchev–Trinajstić information content (AvgIpc) is 2.67. The number of methoxy groups -OCH3 is 2. The van der Waals surface area contributed by atoms with Gasteiger partial charge in [-0.25, -0.2) is 9.97 Å².